The predicted molar refractivity (Wildman–Crippen MR) is 57.2 cm³/mol. The molecule has 0 amide bonds. The molecule has 1 saturated heterocycles. The second-order valence-corrected chi connectivity index (χ2v) is 3.87. The molecule has 4 heteroatoms. The van der Waals surface area contributed by atoms with Gasteiger partial charge in [0, 0.05) is 19.2 Å². The van der Waals surface area contributed by atoms with Gasteiger partial charge in [-0.2, -0.15) is 5.26 Å². The lowest BCUT2D eigenvalue weighted by molar-refractivity contribution is 0.190. The molecule has 1 aromatic carbocycles. The van der Waals surface area contributed by atoms with Crippen molar-refractivity contribution in [3.63, 3.8) is 0 Å². The van der Waals surface area contributed by atoms with Crippen molar-refractivity contribution in [2.45, 2.75) is 19.0 Å². The van der Waals surface area contributed by atoms with Gasteiger partial charge in [-0.1, -0.05) is 6.07 Å². The molecule has 1 N–H and O–H groups in total. The van der Waals surface area contributed by atoms with Crippen molar-refractivity contribution in [2.75, 3.05) is 13.2 Å². The highest BCUT2D eigenvalue weighted by molar-refractivity contribution is 5.34. The summed E-state index contributed by atoms with van der Waals surface area (Å²) in [5.41, 5.74) is 1.02. The van der Waals surface area contributed by atoms with Crippen molar-refractivity contribution < 1.29 is 9.13 Å². The van der Waals surface area contributed by atoms with Crippen LogP contribution in [0.1, 0.15) is 17.5 Å². The first kappa shape index (κ1) is 11.1. The van der Waals surface area contributed by atoms with E-state index in [0.717, 1.165) is 25.2 Å². The normalized spacial score (nSPS) is 19.6. The Hall–Kier alpha value is -1.44. The lowest BCUT2D eigenvalue weighted by Crippen LogP contribution is -2.28. The van der Waals surface area contributed by atoms with Crippen LogP contribution in [0.15, 0.2) is 18.2 Å². The van der Waals surface area contributed by atoms with Gasteiger partial charge in [-0.25, -0.2) is 4.39 Å². The number of nitriles is 1. The molecule has 3 nitrogen and oxygen atoms in total. The van der Waals surface area contributed by atoms with E-state index < -0.39 is 5.82 Å². The smallest absolute Gasteiger partial charge is 0.140 e. The fraction of sp³-hybridized carbons (Fsp3) is 0.417. The molecule has 1 unspecified atom stereocenters. The minimum Gasteiger partial charge on any atom is -0.380 e. The average Bonchev–Trinajstić information content (AvgIpc) is 2.81. The SMILES string of the molecule is N#Cc1cc(CNC2CCOC2)ccc1F. The summed E-state index contributed by atoms with van der Waals surface area (Å²) in [7, 11) is 0. The number of halogens is 1. The Bertz CT molecular complexity index is 408. The van der Waals surface area contributed by atoms with Crippen LogP contribution in [-0.4, -0.2) is 19.3 Å². The molecule has 0 aliphatic carbocycles. The standard InChI is InChI=1S/C12H13FN2O/c13-12-2-1-9(5-10(12)6-14)7-15-11-3-4-16-8-11/h1-2,5,11,15H,3-4,7-8H2. The highest BCUT2D eigenvalue weighted by Crippen LogP contribution is 2.10. The number of hydrogen-bond acceptors (Lipinski definition) is 3. The quantitative estimate of drug-likeness (QED) is 0.841. The molecule has 0 radical (unpaired) electrons. The number of benzene rings is 1. The van der Waals surface area contributed by atoms with Crippen molar-refractivity contribution in [3.05, 3.63) is 35.1 Å². The molecule has 1 atom stereocenters. The van der Waals surface area contributed by atoms with Gasteiger partial charge in [0.2, 0.25) is 0 Å². The summed E-state index contributed by atoms with van der Waals surface area (Å²) in [5, 5.41) is 12.0. The van der Waals surface area contributed by atoms with Crippen LogP contribution in [0.3, 0.4) is 0 Å². The molecule has 1 aliphatic rings. The van der Waals surface area contributed by atoms with Crippen molar-refractivity contribution in [3.8, 4) is 6.07 Å². The summed E-state index contributed by atoms with van der Waals surface area (Å²) in [5.74, 6) is -0.463. The van der Waals surface area contributed by atoms with Gasteiger partial charge >= 0.3 is 0 Å². The molecular formula is C12H13FN2O. The molecule has 0 aromatic heterocycles. The van der Waals surface area contributed by atoms with Crippen molar-refractivity contribution in [1.29, 1.82) is 5.26 Å². The minimum atomic E-state index is -0.463. The maximum atomic E-state index is 13.0. The summed E-state index contributed by atoms with van der Waals surface area (Å²) in [6.45, 7) is 2.17. The van der Waals surface area contributed by atoms with Crippen LogP contribution in [0.2, 0.25) is 0 Å². The van der Waals surface area contributed by atoms with Crippen LogP contribution in [0.5, 0.6) is 0 Å². The Morgan fingerprint density at radius 2 is 2.44 bits per heavy atom. The minimum absolute atomic E-state index is 0.0990. The van der Waals surface area contributed by atoms with E-state index in [9.17, 15) is 4.39 Å². The Kier molecular flexibility index (Phi) is 3.50. The molecular weight excluding hydrogens is 207 g/mol. The van der Waals surface area contributed by atoms with Gasteiger partial charge in [-0.15, -0.1) is 0 Å². The second kappa shape index (κ2) is 5.06. The largest absolute Gasteiger partial charge is 0.380 e. The molecule has 1 aromatic rings. The van der Waals surface area contributed by atoms with E-state index in [4.69, 9.17) is 10.00 Å². The fourth-order valence-corrected chi connectivity index (χ4v) is 1.73. The third kappa shape index (κ3) is 2.57. The van der Waals surface area contributed by atoms with Gasteiger partial charge in [-0.3, -0.25) is 0 Å². The van der Waals surface area contributed by atoms with Gasteiger partial charge in [0.25, 0.3) is 0 Å². The number of nitrogens with one attached hydrogen (secondary N) is 1. The van der Waals surface area contributed by atoms with Crippen LogP contribution in [0.25, 0.3) is 0 Å². The first-order chi connectivity index (χ1) is 7.79. The Morgan fingerprint density at radius 1 is 1.56 bits per heavy atom. The van der Waals surface area contributed by atoms with Crippen molar-refractivity contribution in [1.82, 2.24) is 5.32 Å². The Labute approximate surface area is 93.8 Å². The zero-order chi connectivity index (χ0) is 11.4. The van der Waals surface area contributed by atoms with Crippen LogP contribution >= 0.6 is 0 Å². The molecule has 1 heterocycles. The zero-order valence-corrected chi connectivity index (χ0v) is 8.87. The summed E-state index contributed by atoms with van der Waals surface area (Å²) in [4.78, 5) is 0. The lowest BCUT2D eigenvalue weighted by atomic mass is 10.1. The number of nitrogens with zero attached hydrogens (tertiary/aromatic N) is 1. The lowest BCUT2D eigenvalue weighted by Gasteiger charge is -2.10. The van der Waals surface area contributed by atoms with E-state index in [-0.39, 0.29) is 5.56 Å². The van der Waals surface area contributed by atoms with Crippen LogP contribution < -0.4 is 5.32 Å². The van der Waals surface area contributed by atoms with Crippen molar-refractivity contribution >= 4 is 0 Å². The van der Waals surface area contributed by atoms with Gasteiger partial charge in [0.15, 0.2) is 0 Å². The third-order valence-electron chi connectivity index (χ3n) is 2.68. The van der Waals surface area contributed by atoms with Crippen LogP contribution in [0, 0.1) is 17.1 Å². The summed E-state index contributed by atoms with van der Waals surface area (Å²) in [6.07, 6.45) is 1.01. The number of ether oxygens (including phenoxy) is 1. The van der Waals surface area contributed by atoms with Gasteiger partial charge in [-0.05, 0) is 24.1 Å². The zero-order valence-electron chi connectivity index (χ0n) is 8.87. The van der Waals surface area contributed by atoms with E-state index in [0.29, 0.717) is 12.6 Å². The Balaban J connectivity index is 1.96. The van der Waals surface area contributed by atoms with E-state index in [2.05, 4.69) is 5.32 Å². The van der Waals surface area contributed by atoms with Crippen LogP contribution in [0.4, 0.5) is 4.39 Å². The fourth-order valence-electron chi connectivity index (χ4n) is 1.73. The average molecular weight is 220 g/mol. The summed E-state index contributed by atoms with van der Waals surface area (Å²) < 4.78 is 18.3. The predicted octanol–water partition coefficient (Wildman–Crippen LogP) is 1.58. The maximum absolute atomic E-state index is 13.0. The monoisotopic (exact) mass is 220 g/mol. The Morgan fingerprint density at radius 3 is 3.12 bits per heavy atom. The summed E-state index contributed by atoms with van der Waals surface area (Å²) >= 11 is 0. The van der Waals surface area contributed by atoms with Gasteiger partial charge < -0.3 is 10.1 Å². The number of rotatable bonds is 3. The molecule has 0 saturated carbocycles. The first-order valence-electron chi connectivity index (χ1n) is 5.29. The molecule has 1 aliphatic heterocycles. The summed E-state index contributed by atoms with van der Waals surface area (Å²) in [6, 6.07) is 6.82. The van der Waals surface area contributed by atoms with Gasteiger partial charge in [0.1, 0.15) is 11.9 Å². The second-order valence-electron chi connectivity index (χ2n) is 3.87. The highest BCUT2D eigenvalue weighted by atomic mass is 19.1. The van der Waals surface area contributed by atoms with E-state index in [1.54, 1.807) is 12.1 Å². The first-order valence-corrected chi connectivity index (χ1v) is 5.29. The maximum Gasteiger partial charge on any atom is 0.140 e. The van der Waals surface area contributed by atoms with E-state index in [1.807, 2.05) is 6.07 Å². The van der Waals surface area contributed by atoms with Gasteiger partial charge in [0.05, 0.1) is 12.2 Å². The molecule has 0 bridgehead atoms. The molecule has 1 fully saturated rings. The van der Waals surface area contributed by atoms with E-state index >= 15 is 0 Å². The highest BCUT2D eigenvalue weighted by Gasteiger charge is 2.14. The molecule has 84 valence electrons. The number of hydrogen-bond donors (Lipinski definition) is 1. The third-order valence-corrected chi connectivity index (χ3v) is 2.68. The molecule has 2 rings (SSSR count). The van der Waals surface area contributed by atoms with Crippen LogP contribution in [-0.2, 0) is 11.3 Å². The topological polar surface area (TPSA) is 45.0 Å². The molecule has 16 heavy (non-hydrogen) atoms. The molecule has 0 spiro atoms. The van der Waals surface area contributed by atoms with Crippen molar-refractivity contribution in [2.24, 2.45) is 0 Å². The van der Waals surface area contributed by atoms with E-state index in [1.165, 1.54) is 6.07 Å².